The minimum absolute atomic E-state index is 0.900. The first-order chi connectivity index (χ1) is 7.88. The van der Waals surface area contributed by atoms with Crippen molar-refractivity contribution in [3.63, 3.8) is 0 Å². The maximum absolute atomic E-state index is 3.85. The average Bonchev–Trinajstić information content (AvgIpc) is 2.18. The predicted octanol–water partition coefficient (Wildman–Crippen LogP) is 3.20. The van der Waals surface area contributed by atoms with Gasteiger partial charge in [-0.3, -0.25) is 0 Å². The first kappa shape index (κ1) is 9.94. The number of hydrogen-bond donors (Lipinski definition) is 1. The van der Waals surface area contributed by atoms with Gasteiger partial charge in [0.05, 0.1) is 0 Å². The highest BCUT2D eigenvalue weighted by Crippen LogP contribution is 2.56. The van der Waals surface area contributed by atoms with Crippen LogP contribution in [-0.4, -0.2) is 12.6 Å². The minimum atomic E-state index is 0.900. The first-order valence-corrected chi connectivity index (χ1v) is 7.62. The highest BCUT2D eigenvalue weighted by molar-refractivity contribution is 4.99. The molecule has 0 atom stereocenters. The lowest BCUT2D eigenvalue weighted by Gasteiger charge is -2.55. The van der Waals surface area contributed by atoms with E-state index in [0.29, 0.717) is 0 Å². The molecule has 90 valence electrons. The van der Waals surface area contributed by atoms with Gasteiger partial charge in [-0.25, -0.2) is 0 Å². The maximum Gasteiger partial charge on any atom is 0.00672 e. The van der Waals surface area contributed by atoms with Crippen LogP contribution < -0.4 is 5.32 Å². The average molecular weight is 219 g/mol. The second kappa shape index (κ2) is 3.73. The fraction of sp³-hybridized carbons (Fsp3) is 1.00. The molecule has 0 aliphatic heterocycles. The number of rotatable bonds is 3. The van der Waals surface area contributed by atoms with Crippen molar-refractivity contribution in [1.29, 1.82) is 0 Å². The van der Waals surface area contributed by atoms with E-state index in [4.69, 9.17) is 0 Å². The Bertz CT molecular complexity index is 241. The van der Waals surface area contributed by atoms with Crippen LogP contribution in [0.25, 0.3) is 0 Å². The third kappa shape index (κ3) is 1.54. The Morgan fingerprint density at radius 3 is 1.94 bits per heavy atom. The lowest BCUT2D eigenvalue weighted by Crippen LogP contribution is -2.50. The normalized spacial score (nSPS) is 50.6. The summed E-state index contributed by atoms with van der Waals surface area (Å²) in [6.07, 6.45) is 12.3. The molecule has 0 amide bonds. The van der Waals surface area contributed by atoms with E-state index < -0.39 is 0 Å². The summed E-state index contributed by atoms with van der Waals surface area (Å²) in [6.45, 7) is 1.36. The third-order valence-electron chi connectivity index (χ3n) is 6.17. The van der Waals surface area contributed by atoms with Gasteiger partial charge in [-0.2, -0.15) is 0 Å². The fourth-order valence-electron chi connectivity index (χ4n) is 5.29. The van der Waals surface area contributed by atoms with Crippen molar-refractivity contribution in [3.8, 4) is 0 Å². The van der Waals surface area contributed by atoms with Gasteiger partial charge in [0.1, 0.15) is 0 Å². The van der Waals surface area contributed by atoms with Crippen LogP contribution in [0.5, 0.6) is 0 Å². The van der Waals surface area contributed by atoms with Crippen molar-refractivity contribution in [2.45, 2.75) is 57.4 Å². The van der Waals surface area contributed by atoms with Crippen molar-refractivity contribution < 1.29 is 0 Å². The molecule has 0 aromatic heterocycles. The molecule has 1 nitrogen and oxygen atoms in total. The summed E-state index contributed by atoms with van der Waals surface area (Å²) in [5.41, 5.74) is 0. The topological polar surface area (TPSA) is 12.0 Å². The van der Waals surface area contributed by atoms with Gasteiger partial charge in [0.2, 0.25) is 0 Å². The van der Waals surface area contributed by atoms with Crippen molar-refractivity contribution >= 4 is 0 Å². The summed E-state index contributed by atoms with van der Waals surface area (Å²) in [4.78, 5) is 0. The van der Waals surface area contributed by atoms with Gasteiger partial charge in [-0.05, 0) is 81.1 Å². The third-order valence-corrected chi connectivity index (χ3v) is 6.17. The summed E-state index contributed by atoms with van der Waals surface area (Å²) in [5.74, 6) is 5.57. The van der Waals surface area contributed by atoms with Gasteiger partial charge in [-0.15, -0.1) is 0 Å². The van der Waals surface area contributed by atoms with Gasteiger partial charge in [0.25, 0.3) is 0 Å². The molecular formula is C15H25N. The summed E-state index contributed by atoms with van der Waals surface area (Å²) < 4.78 is 0. The lowest BCUT2D eigenvalue weighted by molar-refractivity contribution is -0.0371. The summed E-state index contributed by atoms with van der Waals surface area (Å²) in [6, 6.07) is 0.900. The van der Waals surface area contributed by atoms with Crippen LogP contribution in [0.1, 0.15) is 51.4 Å². The van der Waals surface area contributed by atoms with Gasteiger partial charge in [0, 0.05) is 6.04 Å². The molecule has 0 spiro atoms. The van der Waals surface area contributed by atoms with Crippen LogP contribution >= 0.6 is 0 Å². The Labute approximate surface area is 99.4 Å². The minimum Gasteiger partial charge on any atom is -0.314 e. The number of nitrogens with one attached hydrogen (secondary N) is 1. The molecule has 0 aromatic carbocycles. The van der Waals surface area contributed by atoms with Crippen molar-refractivity contribution in [3.05, 3.63) is 0 Å². The quantitative estimate of drug-likeness (QED) is 0.768. The predicted molar refractivity (Wildman–Crippen MR) is 66.2 cm³/mol. The monoisotopic (exact) mass is 219 g/mol. The van der Waals surface area contributed by atoms with E-state index in [9.17, 15) is 0 Å². The van der Waals surface area contributed by atoms with Crippen LogP contribution in [0.15, 0.2) is 0 Å². The molecule has 1 N–H and O–H groups in total. The smallest absolute Gasteiger partial charge is 0.00672 e. The summed E-state index contributed by atoms with van der Waals surface area (Å²) >= 11 is 0. The van der Waals surface area contributed by atoms with Crippen LogP contribution in [-0.2, 0) is 0 Å². The Hall–Kier alpha value is -0.0400. The molecule has 0 radical (unpaired) electrons. The Kier molecular flexibility index (Phi) is 2.32. The molecule has 5 rings (SSSR count). The molecule has 5 aliphatic rings. The molecule has 4 bridgehead atoms. The highest BCUT2D eigenvalue weighted by atomic mass is 14.9. The van der Waals surface area contributed by atoms with Crippen LogP contribution in [0.3, 0.4) is 0 Å². The molecule has 0 heterocycles. The van der Waals surface area contributed by atoms with E-state index in [2.05, 4.69) is 5.32 Å². The second-order valence-corrected chi connectivity index (χ2v) is 7.13. The van der Waals surface area contributed by atoms with Crippen molar-refractivity contribution in [2.75, 3.05) is 6.54 Å². The van der Waals surface area contributed by atoms with E-state index in [1.54, 1.807) is 32.1 Å². The first-order valence-electron chi connectivity index (χ1n) is 7.62. The molecule has 1 heteroatoms. The maximum atomic E-state index is 3.85. The van der Waals surface area contributed by atoms with Gasteiger partial charge < -0.3 is 5.32 Å². The standard InChI is InChI=1S/C15H25N/c1-2-14(3-1)16-9-15-12-5-10-4-11(7-12)8-13(15)6-10/h10-16H,1-9H2. The zero-order chi connectivity index (χ0) is 10.5. The Morgan fingerprint density at radius 2 is 1.44 bits per heavy atom. The van der Waals surface area contributed by atoms with E-state index in [1.807, 2.05) is 0 Å². The molecule has 5 saturated carbocycles. The molecule has 0 unspecified atom stereocenters. The molecule has 5 aliphatic carbocycles. The van der Waals surface area contributed by atoms with Crippen molar-refractivity contribution in [2.24, 2.45) is 29.6 Å². The van der Waals surface area contributed by atoms with E-state index in [1.165, 1.54) is 25.8 Å². The SMILES string of the molecule is C1CC(NCC2C3CC4CC(C3)CC2C4)C1. The van der Waals surface area contributed by atoms with Crippen LogP contribution in [0, 0.1) is 29.6 Å². The lowest BCUT2D eigenvalue weighted by atomic mass is 9.52. The fourth-order valence-corrected chi connectivity index (χ4v) is 5.29. The van der Waals surface area contributed by atoms with Gasteiger partial charge in [0.15, 0.2) is 0 Å². The van der Waals surface area contributed by atoms with Crippen LogP contribution in [0.2, 0.25) is 0 Å². The summed E-state index contributed by atoms with van der Waals surface area (Å²) in [7, 11) is 0. The molecular weight excluding hydrogens is 194 g/mol. The molecule has 5 fully saturated rings. The Balaban J connectivity index is 1.40. The number of hydrogen-bond acceptors (Lipinski definition) is 1. The zero-order valence-electron chi connectivity index (χ0n) is 10.3. The molecule has 0 aromatic rings. The molecule has 0 saturated heterocycles. The van der Waals surface area contributed by atoms with E-state index in [-0.39, 0.29) is 0 Å². The van der Waals surface area contributed by atoms with E-state index in [0.717, 1.165) is 35.6 Å². The molecule has 16 heavy (non-hydrogen) atoms. The summed E-state index contributed by atoms with van der Waals surface area (Å²) in [5, 5.41) is 3.85. The second-order valence-electron chi connectivity index (χ2n) is 7.13. The van der Waals surface area contributed by atoms with Crippen LogP contribution in [0.4, 0.5) is 0 Å². The van der Waals surface area contributed by atoms with Gasteiger partial charge in [-0.1, -0.05) is 6.42 Å². The zero-order valence-corrected chi connectivity index (χ0v) is 10.3. The largest absolute Gasteiger partial charge is 0.314 e. The van der Waals surface area contributed by atoms with E-state index >= 15 is 0 Å². The highest BCUT2D eigenvalue weighted by Gasteiger charge is 2.47. The Morgan fingerprint density at radius 1 is 0.812 bits per heavy atom. The van der Waals surface area contributed by atoms with Gasteiger partial charge >= 0.3 is 0 Å². The van der Waals surface area contributed by atoms with Crippen molar-refractivity contribution in [1.82, 2.24) is 5.32 Å².